The van der Waals surface area contributed by atoms with Crippen LogP contribution >= 0.6 is 0 Å². The Labute approximate surface area is 80.1 Å². The molecule has 14 heavy (non-hydrogen) atoms. The van der Waals surface area contributed by atoms with E-state index in [0.717, 1.165) is 6.92 Å². The van der Waals surface area contributed by atoms with Crippen molar-refractivity contribution in [2.45, 2.75) is 32.4 Å². The average Bonchev–Trinajstić information content (AvgIpc) is 2.34. The average molecular weight is 206 g/mol. The molecular weight excluding hydrogens is 195 g/mol. The van der Waals surface area contributed by atoms with Crippen molar-refractivity contribution in [2.75, 3.05) is 6.61 Å². The van der Waals surface area contributed by atoms with Crippen LogP contribution in [0.3, 0.4) is 0 Å². The number of carbonyl (C=O) groups is 2. The zero-order valence-electron chi connectivity index (χ0n) is 7.86. The first kappa shape index (κ1) is 10.9. The maximum Gasteiger partial charge on any atom is 0.305 e. The third-order valence-electron chi connectivity index (χ3n) is 1.63. The van der Waals surface area contributed by atoms with Crippen molar-refractivity contribution in [3.05, 3.63) is 0 Å². The van der Waals surface area contributed by atoms with E-state index in [0.29, 0.717) is 0 Å². The van der Waals surface area contributed by atoms with Gasteiger partial charge < -0.3 is 14.2 Å². The number of hydrogen-bond acceptors (Lipinski definition) is 5. The van der Waals surface area contributed by atoms with Crippen LogP contribution in [0.4, 0.5) is 4.39 Å². The fourth-order valence-corrected chi connectivity index (χ4v) is 1.13. The summed E-state index contributed by atoms with van der Waals surface area (Å²) >= 11 is 0. The van der Waals surface area contributed by atoms with Gasteiger partial charge in [-0.15, -0.1) is 0 Å². The van der Waals surface area contributed by atoms with Crippen molar-refractivity contribution in [1.29, 1.82) is 0 Å². The molecule has 6 heteroatoms. The second kappa shape index (κ2) is 4.36. The number of ether oxygens (including phenoxy) is 3. The van der Waals surface area contributed by atoms with Gasteiger partial charge in [0.15, 0.2) is 12.3 Å². The summed E-state index contributed by atoms with van der Waals surface area (Å²) in [5.74, 6) is -1.25. The fraction of sp³-hybridized carbons (Fsp3) is 0.750. The van der Waals surface area contributed by atoms with Gasteiger partial charge in [-0.2, -0.15) is 0 Å². The van der Waals surface area contributed by atoms with Crippen LogP contribution < -0.4 is 0 Å². The highest BCUT2D eigenvalue weighted by molar-refractivity contribution is 5.67. The minimum Gasteiger partial charge on any atom is -0.453 e. The lowest BCUT2D eigenvalue weighted by molar-refractivity contribution is -0.190. The third kappa shape index (κ3) is 2.66. The Bertz CT molecular complexity index is 242. The van der Waals surface area contributed by atoms with Crippen LogP contribution in [0.1, 0.15) is 13.8 Å². The van der Waals surface area contributed by atoms with Crippen molar-refractivity contribution >= 4 is 11.9 Å². The van der Waals surface area contributed by atoms with Crippen LogP contribution in [0.2, 0.25) is 0 Å². The van der Waals surface area contributed by atoms with Crippen LogP contribution in [0.25, 0.3) is 0 Å². The summed E-state index contributed by atoms with van der Waals surface area (Å²) in [4.78, 5) is 21.2. The number of esters is 2. The number of alkyl halides is 1. The summed E-state index contributed by atoms with van der Waals surface area (Å²) in [5.41, 5.74) is 0. The highest BCUT2D eigenvalue weighted by Crippen LogP contribution is 2.21. The lowest BCUT2D eigenvalue weighted by Gasteiger charge is -2.18. The SMILES string of the molecule is CC(=O)OC1OCC(F)C1OC(C)=O. The Morgan fingerprint density at radius 1 is 1.29 bits per heavy atom. The molecule has 0 spiro atoms. The summed E-state index contributed by atoms with van der Waals surface area (Å²) < 4.78 is 27.1. The highest BCUT2D eigenvalue weighted by Gasteiger charge is 2.42. The first-order valence-corrected chi connectivity index (χ1v) is 4.11. The van der Waals surface area contributed by atoms with E-state index in [9.17, 15) is 14.0 Å². The molecular formula is C8H11FO5. The second-order valence-electron chi connectivity index (χ2n) is 2.90. The minimum atomic E-state index is -1.46. The molecule has 1 saturated heterocycles. The van der Waals surface area contributed by atoms with E-state index in [1.165, 1.54) is 6.92 Å². The normalized spacial score (nSPS) is 31.2. The number of carbonyl (C=O) groups excluding carboxylic acids is 2. The van der Waals surface area contributed by atoms with Crippen molar-refractivity contribution in [3.8, 4) is 0 Å². The van der Waals surface area contributed by atoms with Crippen LogP contribution in [0.5, 0.6) is 0 Å². The molecule has 0 bridgehead atoms. The summed E-state index contributed by atoms with van der Waals surface area (Å²) in [6.07, 6.45) is -3.74. The Morgan fingerprint density at radius 3 is 2.36 bits per heavy atom. The molecule has 80 valence electrons. The molecule has 0 aliphatic carbocycles. The van der Waals surface area contributed by atoms with E-state index < -0.39 is 30.5 Å². The first-order valence-electron chi connectivity index (χ1n) is 4.11. The van der Waals surface area contributed by atoms with E-state index in [1.54, 1.807) is 0 Å². The summed E-state index contributed by atoms with van der Waals surface area (Å²) in [5, 5.41) is 0. The molecule has 3 atom stereocenters. The van der Waals surface area contributed by atoms with Crippen LogP contribution in [0.15, 0.2) is 0 Å². The van der Waals surface area contributed by atoms with E-state index >= 15 is 0 Å². The third-order valence-corrected chi connectivity index (χ3v) is 1.63. The van der Waals surface area contributed by atoms with Gasteiger partial charge in [0.25, 0.3) is 0 Å². The quantitative estimate of drug-likeness (QED) is 0.603. The van der Waals surface area contributed by atoms with E-state index in [-0.39, 0.29) is 6.61 Å². The van der Waals surface area contributed by atoms with Gasteiger partial charge in [-0.3, -0.25) is 9.59 Å². The summed E-state index contributed by atoms with van der Waals surface area (Å²) in [6, 6.07) is 0. The molecule has 3 unspecified atom stereocenters. The molecule has 1 heterocycles. The largest absolute Gasteiger partial charge is 0.453 e. The fourth-order valence-electron chi connectivity index (χ4n) is 1.13. The number of rotatable bonds is 2. The topological polar surface area (TPSA) is 61.8 Å². The molecule has 0 radical (unpaired) electrons. The van der Waals surface area contributed by atoms with Gasteiger partial charge in [-0.05, 0) is 0 Å². The molecule has 1 fully saturated rings. The Morgan fingerprint density at radius 2 is 1.86 bits per heavy atom. The predicted octanol–water partition coefficient (Wildman–Crippen LogP) is 0.176. The Balaban J connectivity index is 2.56. The number of hydrogen-bond donors (Lipinski definition) is 0. The van der Waals surface area contributed by atoms with Crippen molar-refractivity contribution < 1.29 is 28.2 Å². The van der Waals surface area contributed by atoms with Gasteiger partial charge in [0, 0.05) is 13.8 Å². The molecule has 0 aromatic carbocycles. The van der Waals surface area contributed by atoms with E-state index in [2.05, 4.69) is 9.47 Å². The second-order valence-corrected chi connectivity index (χ2v) is 2.90. The molecule has 0 aromatic rings. The smallest absolute Gasteiger partial charge is 0.305 e. The molecule has 1 aliphatic rings. The molecule has 0 N–H and O–H groups in total. The lowest BCUT2D eigenvalue weighted by Crippen LogP contribution is -2.35. The van der Waals surface area contributed by atoms with Crippen LogP contribution in [-0.2, 0) is 23.8 Å². The van der Waals surface area contributed by atoms with E-state index in [4.69, 9.17) is 4.74 Å². The van der Waals surface area contributed by atoms with Gasteiger partial charge in [0.1, 0.15) is 0 Å². The maximum atomic E-state index is 13.1. The standard InChI is InChI=1S/C8H11FO5/c1-4(10)13-7-6(9)3-12-8(7)14-5(2)11/h6-8H,3H2,1-2H3. The van der Waals surface area contributed by atoms with Crippen molar-refractivity contribution in [1.82, 2.24) is 0 Å². The van der Waals surface area contributed by atoms with Gasteiger partial charge in [0.05, 0.1) is 6.61 Å². The molecule has 0 aromatic heterocycles. The maximum absolute atomic E-state index is 13.1. The Kier molecular flexibility index (Phi) is 3.40. The first-order chi connectivity index (χ1) is 6.50. The Hall–Kier alpha value is -1.17. The van der Waals surface area contributed by atoms with Crippen molar-refractivity contribution in [3.63, 3.8) is 0 Å². The number of halogens is 1. The van der Waals surface area contributed by atoms with Gasteiger partial charge in [-0.25, -0.2) is 4.39 Å². The molecule has 0 saturated carbocycles. The van der Waals surface area contributed by atoms with Gasteiger partial charge >= 0.3 is 11.9 Å². The lowest BCUT2D eigenvalue weighted by atomic mass is 10.2. The zero-order chi connectivity index (χ0) is 10.7. The zero-order valence-corrected chi connectivity index (χ0v) is 7.86. The minimum absolute atomic E-state index is 0.240. The van der Waals surface area contributed by atoms with Gasteiger partial charge in [-0.1, -0.05) is 0 Å². The van der Waals surface area contributed by atoms with E-state index in [1.807, 2.05) is 0 Å². The van der Waals surface area contributed by atoms with Crippen LogP contribution in [-0.4, -0.2) is 37.1 Å². The monoisotopic (exact) mass is 206 g/mol. The summed E-state index contributed by atoms with van der Waals surface area (Å²) in [6.45, 7) is 2.07. The molecule has 5 nitrogen and oxygen atoms in total. The van der Waals surface area contributed by atoms with Crippen molar-refractivity contribution in [2.24, 2.45) is 0 Å². The predicted molar refractivity (Wildman–Crippen MR) is 42.0 cm³/mol. The molecule has 1 aliphatic heterocycles. The highest BCUT2D eigenvalue weighted by atomic mass is 19.1. The van der Waals surface area contributed by atoms with Gasteiger partial charge in [0.2, 0.25) is 6.29 Å². The molecule has 0 amide bonds. The molecule has 1 rings (SSSR count). The summed E-state index contributed by atoms with van der Waals surface area (Å²) in [7, 11) is 0. The van der Waals surface area contributed by atoms with Crippen LogP contribution in [0, 0.1) is 0 Å².